The van der Waals surface area contributed by atoms with Crippen LogP contribution >= 0.6 is 0 Å². The fourth-order valence-electron chi connectivity index (χ4n) is 1.74. The second kappa shape index (κ2) is 10.7. The Labute approximate surface area is 122 Å². The summed E-state index contributed by atoms with van der Waals surface area (Å²) in [6.07, 6.45) is 1.15. The van der Waals surface area contributed by atoms with Gasteiger partial charge >= 0.3 is 0 Å². The highest BCUT2D eigenvalue weighted by molar-refractivity contribution is 5.27. The zero-order valence-electron chi connectivity index (χ0n) is 12.9. The van der Waals surface area contributed by atoms with Gasteiger partial charge in [-0.3, -0.25) is 0 Å². The van der Waals surface area contributed by atoms with E-state index in [1.807, 2.05) is 26.0 Å². The minimum Gasteiger partial charge on any atom is -0.491 e. The van der Waals surface area contributed by atoms with Crippen LogP contribution in [-0.2, 0) is 15.9 Å². The highest BCUT2D eigenvalue weighted by Gasteiger charge is 1.98. The molecule has 1 aromatic rings. The molecule has 0 heterocycles. The van der Waals surface area contributed by atoms with Crippen LogP contribution in [0.4, 0.5) is 0 Å². The number of rotatable bonds is 11. The predicted octanol–water partition coefficient (Wildman–Crippen LogP) is 2.27. The third kappa shape index (κ3) is 8.15. The molecule has 20 heavy (non-hydrogen) atoms. The zero-order valence-corrected chi connectivity index (χ0v) is 12.9. The second-order valence-electron chi connectivity index (χ2n) is 4.92. The van der Waals surface area contributed by atoms with Crippen molar-refractivity contribution in [3.63, 3.8) is 0 Å². The lowest BCUT2D eigenvalue weighted by molar-refractivity contribution is 0.135. The van der Waals surface area contributed by atoms with E-state index in [1.165, 1.54) is 5.56 Å². The van der Waals surface area contributed by atoms with Crippen LogP contribution in [0.5, 0.6) is 5.75 Å². The van der Waals surface area contributed by atoms with E-state index in [0.717, 1.165) is 45.1 Å². The van der Waals surface area contributed by atoms with Gasteiger partial charge in [0.2, 0.25) is 0 Å². The monoisotopic (exact) mass is 281 g/mol. The van der Waals surface area contributed by atoms with Gasteiger partial charge < -0.3 is 19.5 Å². The maximum absolute atomic E-state index is 5.61. The molecular formula is C16H27NO3. The smallest absolute Gasteiger partial charge is 0.119 e. The highest BCUT2D eigenvalue weighted by Crippen LogP contribution is 2.14. The van der Waals surface area contributed by atoms with Gasteiger partial charge in [-0.25, -0.2) is 0 Å². The lowest BCUT2D eigenvalue weighted by Gasteiger charge is -2.10. The van der Waals surface area contributed by atoms with Gasteiger partial charge in [-0.2, -0.15) is 0 Å². The van der Waals surface area contributed by atoms with Crippen LogP contribution in [-0.4, -0.2) is 46.1 Å². The molecule has 0 aliphatic carbocycles. The van der Waals surface area contributed by atoms with Gasteiger partial charge in [0.15, 0.2) is 0 Å². The summed E-state index contributed by atoms with van der Waals surface area (Å²) < 4.78 is 16.1. The van der Waals surface area contributed by atoms with Gasteiger partial charge in [-0.05, 0) is 38.0 Å². The first-order valence-electron chi connectivity index (χ1n) is 7.25. The van der Waals surface area contributed by atoms with Crippen molar-refractivity contribution in [2.75, 3.05) is 40.0 Å². The summed E-state index contributed by atoms with van der Waals surface area (Å²) in [7, 11) is 1.70. The fourth-order valence-corrected chi connectivity index (χ4v) is 1.74. The molecule has 114 valence electrons. The largest absolute Gasteiger partial charge is 0.491 e. The quantitative estimate of drug-likeness (QED) is 0.632. The molecule has 0 atom stereocenters. The van der Waals surface area contributed by atoms with Crippen molar-refractivity contribution in [3.8, 4) is 5.75 Å². The first-order chi connectivity index (χ1) is 9.72. The Morgan fingerprint density at radius 1 is 1.00 bits per heavy atom. The van der Waals surface area contributed by atoms with Crippen molar-refractivity contribution in [2.24, 2.45) is 0 Å². The minimum absolute atomic E-state index is 0.217. The average molecular weight is 281 g/mol. The summed E-state index contributed by atoms with van der Waals surface area (Å²) in [6, 6.07) is 8.22. The molecule has 0 radical (unpaired) electrons. The number of methoxy groups -OCH3 is 1. The molecular weight excluding hydrogens is 254 g/mol. The van der Waals surface area contributed by atoms with Gasteiger partial charge in [0.25, 0.3) is 0 Å². The van der Waals surface area contributed by atoms with Crippen LogP contribution in [0.1, 0.15) is 19.4 Å². The number of hydrogen-bond acceptors (Lipinski definition) is 4. The topological polar surface area (TPSA) is 39.7 Å². The summed E-state index contributed by atoms with van der Waals surface area (Å²) in [5.74, 6) is 0.923. The Hall–Kier alpha value is -1.10. The fraction of sp³-hybridized carbons (Fsp3) is 0.625. The summed E-state index contributed by atoms with van der Waals surface area (Å²) in [4.78, 5) is 0. The Bertz CT molecular complexity index is 338. The van der Waals surface area contributed by atoms with Crippen molar-refractivity contribution in [2.45, 2.75) is 26.4 Å². The van der Waals surface area contributed by atoms with Gasteiger partial charge in [0.05, 0.1) is 25.9 Å². The highest BCUT2D eigenvalue weighted by atomic mass is 16.5. The number of benzene rings is 1. The van der Waals surface area contributed by atoms with Crippen molar-refractivity contribution >= 4 is 0 Å². The predicted molar refractivity (Wildman–Crippen MR) is 81.5 cm³/mol. The third-order valence-corrected chi connectivity index (χ3v) is 2.74. The summed E-state index contributed by atoms with van der Waals surface area (Å²) >= 11 is 0. The second-order valence-corrected chi connectivity index (χ2v) is 4.92. The molecule has 1 N–H and O–H groups in total. The normalized spacial score (nSPS) is 11.0. The van der Waals surface area contributed by atoms with Gasteiger partial charge in [-0.1, -0.05) is 12.1 Å². The van der Waals surface area contributed by atoms with Crippen molar-refractivity contribution < 1.29 is 14.2 Å². The molecule has 1 rings (SSSR count). The Kier molecular flexibility index (Phi) is 9.04. The summed E-state index contributed by atoms with van der Waals surface area (Å²) in [5.41, 5.74) is 1.27. The summed E-state index contributed by atoms with van der Waals surface area (Å²) in [5, 5.41) is 3.24. The molecule has 0 aliphatic heterocycles. The van der Waals surface area contributed by atoms with Crippen molar-refractivity contribution in [1.29, 1.82) is 0 Å². The van der Waals surface area contributed by atoms with E-state index in [1.54, 1.807) is 7.11 Å². The van der Waals surface area contributed by atoms with E-state index in [0.29, 0.717) is 0 Å². The van der Waals surface area contributed by atoms with E-state index in [-0.39, 0.29) is 6.10 Å². The van der Waals surface area contributed by atoms with E-state index < -0.39 is 0 Å². The Balaban J connectivity index is 2.07. The molecule has 0 amide bonds. The molecule has 0 saturated carbocycles. The van der Waals surface area contributed by atoms with E-state index in [9.17, 15) is 0 Å². The van der Waals surface area contributed by atoms with Crippen LogP contribution in [0.2, 0.25) is 0 Å². The van der Waals surface area contributed by atoms with Crippen LogP contribution in [0, 0.1) is 0 Å². The molecule has 0 unspecified atom stereocenters. The number of nitrogens with one attached hydrogen (secondary N) is 1. The molecule has 0 aromatic heterocycles. The summed E-state index contributed by atoms with van der Waals surface area (Å²) in [6.45, 7) is 8.02. The van der Waals surface area contributed by atoms with Crippen molar-refractivity contribution in [3.05, 3.63) is 29.8 Å². The molecule has 0 bridgehead atoms. The number of ether oxygens (including phenoxy) is 3. The van der Waals surface area contributed by atoms with E-state index in [4.69, 9.17) is 14.2 Å². The Morgan fingerprint density at radius 3 is 2.35 bits per heavy atom. The maximum Gasteiger partial charge on any atom is 0.119 e. The molecule has 0 aliphatic rings. The van der Waals surface area contributed by atoms with Crippen LogP contribution in [0.25, 0.3) is 0 Å². The maximum atomic E-state index is 5.61. The lowest BCUT2D eigenvalue weighted by atomic mass is 10.1. The minimum atomic E-state index is 0.217. The van der Waals surface area contributed by atoms with Crippen LogP contribution in [0.15, 0.2) is 24.3 Å². The molecule has 1 aromatic carbocycles. The van der Waals surface area contributed by atoms with Crippen LogP contribution < -0.4 is 10.1 Å². The van der Waals surface area contributed by atoms with E-state index in [2.05, 4.69) is 17.4 Å². The molecule has 0 saturated heterocycles. The van der Waals surface area contributed by atoms with Gasteiger partial charge in [0, 0.05) is 20.2 Å². The van der Waals surface area contributed by atoms with Gasteiger partial charge in [0.1, 0.15) is 5.75 Å². The van der Waals surface area contributed by atoms with Crippen LogP contribution in [0.3, 0.4) is 0 Å². The van der Waals surface area contributed by atoms with E-state index >= 15 is 0 Å². The van der Waals surface area contributed by atoms with Crippen molar-refractivity contribution in [1.82, 2.24) is 5.32 Å². The SMILES string of the molecule is COCCNCCOCCc1ccc(OC(C)C)cc1. The first kappa shape index (κ1) is 17.0. The lowest BCUT2D eigenvalue weighted by Crippen LogP contribution is -2.23. The molecule has 4 nitrogen and oxygen atoms in total. The van der Waals surface area contributed by atoms with Gasteiger partial charge in [-0.15, -0.1) is 0 Å². The zero-order chi connectivity index (χ0) is 14.6. The number of hydrogen-bond donors (Lipinski definition) is 1. The third-order valence-electron chi connectivity index (χ3n) is 2.74. The Morgan fingerprint density at radius 2 is 1.70 bits per heavy atom. The molecule has 0 spiro atoms. The standard InChI is InChI=1S/C16H27NO3/c1-14(2)20-16-6-4-15(5-7-16)8-11-19-13-10-17-9-12-18-3/h4-7,14,17H,8-13H2,1-3H3. The molecule has 4 heteroatoms. The molecule has 0 fully saturated rings. The first-order valence-corrected chi connectivity index (χ1v) is 7.25. The average Bonchev–Trinajstić information content (AvgIpc) is 2.43.